The van der Waals surface area contributed by atoms with Gasteiger partial charge in [-0.05, 0) is 13.8 Å². The molecule has 0 amide bonds. The molecule has 0 bridgehead atoms. The highest BCUT2D eigenvalue weighted by Crippen LogP contribution is 2.22. The Bertz CT molecular complexity index is 287. The molecule has 0 fully saturated rings. The smallest absolute Gasteiger partial charge is 0.172 e. The summed E-state index contributed by atoms with van der Waals surface area (Å²) in [5, 5.41) is 0. The molecule has 0 saturated heterocycles. The quantitative estimate of drug-likeness (QED) is 0.406. The predicted molar refractivity (Wildman–Crippen MR) is 65.7 cm³/mol. The van der Waals surface area contributed by atoms with Crippen molar-refractivity contribution in [3.8, 4) is 0 Å². The molecule has 18 heavy (non-hydrogen) atoms. The van der Waals surface area contributed by atoms with Gasteiger partial charge in [-0.25, -0.2) is 0 Å². The molecule has 6 N–H and O–H groups in total. The lowest BCUT2D eigenvalue weighted by molar-refractivity contribution is -0.153. The van der Waals surface area contributed by atoms with E-state index in [-0.39, 0.29) is 12.7 Å². The van der Waals surface area contributed by atoms with E-state index < -0.39 is 42.4 Å². The Labute approximate surface area is 106 Å². The Morgan fingerprint density at radius 3 is 1.50 bits per heavy atom. The first kappa shape index (κ1) is 16.9. The van der Waals surface area contributed by atoms with Crippen molar-refractivity contribution in [2.45, 2.75) is 20.0 Å². The van der Waals surface area contributed by atoms with Crippen LogP contribution in [0.2, 0.25) is 0 Å². The molecule has 0 spiro atoms. The summed E-state index contributed by atoms with van der Waals surface area (Å²) < 4.78 is 5.25. The molecule has 0 atom stereocenters. The van der Waals surface area contributed by atoms with Gasteiger partial charge >= 0.3 is 0 Å². The molecule has 0 aliphatic rings. The molecule has 7 nitrogen and oxygen atoms in total. The average molecular weight is 259 g/mol. The molecule has 0 rings (SSSR count). The molecule has 0 aliphatic heterocycles. The zero-order chi connectivity index (χ0) is 14.3. The summed E-state index contributed by atoms with van der Waals surface area (Å²) in [4.78, 5) is 35.7. The van der Waals surface area contributed by atoms with E-state index in [4.69, 9.17) is 21.9 Å². The highest BCUT2D eigenvalue weighted by atomic mass is 16.5. The first-order chi connectivity index (χ1) is 8.36. The molecule has 0 aliphatic carbocycles. The third kappa shape index (κ3) is 3.42. The van der Waals surface area contributed by atoms with Gasteiger partial charge in [-0.2, -0.15) is 0 Å². The van der Waals surface area contributed by atoms with Crippen molar-refractivity contribution in [3.63, 3.8) is 0 Å². The molecule has 0 aromatic heterocycles. The molecule has 0 heterocycles. The SMILES string of the molecule is CC(C)OCC(C(=O)CN)(C(=O)CN)C(=O)CN. The van der Waals surface area contributed by atoms with Gasteiger partial charge in [0.2, 0.25) is 0 Å². The van der Waals surface area contributed by atoms with E-state index >= 15 is 0 Å². The van der Waals surface area contributed by atoms with Gasteiger partial charge in [0.1, 0.15) is 0 Å². The van der Waals surface area contributed by atoms with Gasteiger partial charge in [-0.15, -0.1) is 0 Å². The number of carbonyl (C=O) groups is 3. The van der Waals surface area contributed by atoms with Crippen molar-refractivity contribution in [1.82, 2.24) is 0 Å². The zero-order valence-corrected chi connectivity index (χ0v) is 10.8. The lowest BCUT2D eigenvalue weighted by atomic mass is 9.75. The van der Waals surface area contributed by atoms with Gasteiger partial charge in [0.25, 0.3) is 0 Å². The highest BCUT2D eigenvalue weighted by molar-refractivity contribution is 6.25. The van der Waals surface area contributed by atoms with Crippen LogP contribution in [0.4, 0.5) is 0 Å². The molecule has 0 radical (unpaired) electrons. The number of carbonyl (C=O) groups excluding carboxylic acids is 3. The third-order valence-corrected chi connectivity index (χ3v) is 2.62. The van der Waals surface area contributed by atoms with Gasteiger partial charge in [0, 0.05) is 0 Å². The number of ether oxygens (including phenoxy) is 1. The van der Waals surface area contributed by atoms with Crippen LogP contribution in [0.5, 0.6) is 0 Å². The van der Waals surface area contributed by atoms with Crippen molar-refractivity contribution >= 4 is 17.3 Å². The fourth-order valence-electron chi connectivity index (χ4n) is 1.52. The molecule has 0 aromatic carbocycles. The maximum absolute atomic E-state index is 11.9. The molecular formula is C11H21N3O4. The number of hydrogen-bond donors (Lipinski definition) is 3. The lowest BCUT2D eigenvalue weighted by Crippen LogP contribution is -2.56. The van der Waals surface area contributed by atoms with Crippen LogP contribution in [0.25, 0.3) is 0 Å². The second-order valence-corrected chi connectivity index (χ2v) is 4.15. The monoisotopic (exact) mass is 259 g/mol. The fraction of sp³-hybridized carbons (Fsp3) is 0.727. The Hall–Kier alpha value is -1.15. The normalized spacial score (nSPS) is 11.7. The maximum Gasteiger partial charge on any atom is 0.172 e. The first-order valence-electron chi connectivity index (χ1n) is 5.68. The van der Waals surface area contributed by atoms with Gasteiger partial charge in [-0.1, -0.05) is 0 Å². The number of rotatable bonds is 9. The van der Waals surface area contributed by atoms with Crippen molar-refractivity contribution in [2.24, 2.45) is 22.6 Å². The van der Waals surface area contributed by atoms with E-state index in [1.165, 1.54) is 0 Å². The number of nitrogens with two attached hydrogens (primary N) is 3. The number of ketones is 3. The van der Waals surface area contributed by atoms with E-state index in [0.717, 1.165) is 0 Å². The fourth-order valence-corrected chi connectivity index (χ4v) is 1.52. The summed E-state index contributed by atoms with van der Waals surface area (Å²) in [7, 11) is 0. The maximum atomic E-state index is 11.9. The van der Waals surface area contributed by atoms with Gasteiger partial charge in [0.15, 0.2) is 22.8 Å². The van der Waals surface area contributed by atoms with Crippen LogP contribution in [-0.4, -0.2) is 49.7 Å². The molecule has 7 heteroatoms. The molecule has 0 aromatic rings. The minimum atomic E-state index is -1.96. The van der Waals surface area contributed by atoms with E-state index in [1.807, 2.05) is 0 Å². The summed E-state index contributed by atoms with van der Waals surface area (Å²) in [5.74, 6) is -2.14. The second kappa shape index (κ2) is 7.32. The van der Waals surface area contributed by atoms with Crippen molar-refractivity contribution < 1.29 is 19.1 Å². The lowest BCUT2D eigenvalue weighted by Gasteiger charge is -2.28. The number of hydrogen-bond acceptors (Lipinski definition) is 7. The third-order valence-electron chi connectivity index (χ3n) is 2.62. The summed E-state index contributed by atoms with van der Waals surface area (Å²) in [6.45, 7) is 1.73. The van der Waals surface area contributed by atoms with Gasteiger partial charge < -0.3 is 21.9 Å². The minimum Gasteiger partial charge on any atom is -0.377 e. The minimum absolute atomic E-state index is 0.244. The molecular weight excluding hydrogens is 238 g/mol. The predicted octanol–water partition coefficient (Wildman–Crippen LogP) is -2.02. The summed E-state index contributed by atoms with van der Waals surface area (Å²) >= 11 is 0. The van der Waals surface area contributed by atoms with E-state index in [2.05, 4.69) is 0 Å². The standard InChI is InChI=1S/C11H21N3O4/c1-7(2)18-6-11(8(15)3-12,9(16)4-13)10(17)5-14/h7H,3-6,12-14H2,1-2H3. The highest BCUT2D eigenvalue weighted by Gasteiger charge is 2.50. The van der Waals surface area contributed by atoms with Crippen LogP contribution >= 0.6 is 0 Å². The molecule has 0 unspecified atom stereocenters. The van der Waals surface area contributed by atoms with Crippen LogP contribution in [-0.2, 0) is 19.1 Å². The zero-order valence-electron chi connectivity index (χ0n) is 10.8. The van der Waals surface area contributed by atoms with Gasteiger partial charge in [-0.3, -0.25) is 14.4 Å². The second-order valence-electron chi connectivity index (χ2n) is 4.15. The molecule has 104 valence electrons. The Morgan fingerprint density at radius 1 is 0.944 bits per heavy atom. The molecule has 0 saturated carbocycles. The van der Waals surface area contributed by atoms with Crippen LogP contribution in [0.1, 0.15) is 13.8 Å². The Kier molecular flexibility index (Phi) is 6.85. The Morgan fingerprint density at radius 2 is 1.28 bits per heavy atom. The summed E-state index contributed by atoms with van der Waals surface area (Å²) in [5.41, 5.74) is 13.8. The Balaban J connectivity index is 5.47. The van der Waals surface area contributed by atoms with E-state index in [0.29, 0.717) is 0 Å². The van der Waals surface area contributed by atoms with Gasteiger partial charge in [0.05, 0.1) is 32.3 Å². The van der Waals surface area contributed by atoms with Crippen LogP contribution in [0, 0.1) is 5.41 Å². The summed E-state index contributed by atoms with van der Waals surface area (Å²) in [6.07, 6.45) is -0.244. The van der Waals surface area contributed by atoms with E-state index in [1.54, 1.807) is 13.8 Å². The summed E-state index contributed by atoms with van der Waals surface area (Å²) in [6, 6.07) is 0. The average Bonchev–Trinajstić information content (AvgIpc) is 2.37. The first-order valence-corrected chi connectivity index (χ1v) is 5.68. The number of Topliss-reactive ketones (excluding diaryl/α,β-unsaturated/α-hetero) is 3. The van der Waals surface area contributed by atoms with Crippen LogP contribution in [0.3, 0.4) is 0 Å². The van der Waals surface area contributed by atoms with Crippen LogP contribution in [0.15, 0.2) is 0 Å². The largest absolute Gasteiger partial charge is 0.377 e. The van der Waals surface area contributed by atoms with Crippen molar-refractivity contribution in [2.75, 3.05) is 26.2 Å². The van der Waals surface area contributed by atoms with Crippen molar-refractivity contribution in [1.29, 1.82) is 0 Å². The van der Waals surface area contributed by atoms with E-state index in [9.17, 15) is 14.4 Å². The topological polar surface area (TPSA) is 138 Å². The van der Waals surface area contributed by atoms with Crippen LogP contribution < -0.4 is 17.2 Å². The van der Waals surface area contributed by atoms with Crippen molar-refractivity contribution in [3.05, 3.63) is 0 Å².